The lowest BCUT2D eigenvalue weighted by Gasteiger charge is -2.20. The molecule has 2 rings (SSSR count). The van der Waals surface area contributed by atoms with Crippen LogP contribution in [0.5, 0.6) is 0 Å². The van der Waals surface area contributed by atoms with E-state index in [2.05, 4.69) is 14.7 Å². The highest BCUT2D eigenvalue weighted by atomic mass is 19.4. The average molecular weight is 354 g/mol. The zero-order valence-electron chi connectivity index (χ0n) is 12.8. The van der Waals surface area contributed by atoms with Gasteiger partial charge < -0.3 is 14.5 Å². The lowest BCUT2D eigenvalue weighted by Crippen LogP contribution is -2.32. The van der Waals surface area contributed by atoms with Crippen LogP contribution in [0.25, 0.3) is 11.4 Å². The molecule has 0 aliphatic rings. The van der Waals surface area contributed by atoms with E-state index in [1.54, 1.807) is 18.2 Å². The van der Waals surface area contributed by atoms with Gasteiger partial charge in [-0.25, -0.2) is 0 Å². The Morgan fingerprint density at radius 2 is 2.00 bits per heavy atom. The molecular weight excluding hydrogens is 341 g/mol. The number of nitriles is 1. The van der Waals surface area contributed by atoms with Crippen molar-refractivity contribution in [3.8, 4) is 17.5 Å². The molecule has 0 atom stereocenters. The molecule has 0 saturated heterocycles. The van der Waals surface area contributed by atoms with Gasteiger partial charge in [0.25, 0.3) is 0 Å². The Kier molecular flexibility index (Phi) is 5.71. The van der Waals surface area contributed by atoms with Crippen molar-refractivity contribution in [1.29, 1.82) is 5.26 Å². The Bertz CT molecular complexity index is 766. The lowest BCUT2D eigenvalue weighted by molar-refractivity contribution is -0.159. The van der Waals surface area contributed by atoms with Gasteiger partial charge >= 0.3 is 12.1 Å². The van der Waals surface area contributed by atoms with E-state index in [0.717, 1.165) is 0 Å². The minimum absolute atomic E-state index is 0.0715. The highest BCUT2D eigenvalue weighted by molar-refractivity contribution is 5.78. The number of alkyl halides is 3. The summed E-state index contributed by atoms with van der Waals surface area (Å²) in [4.78, 5) is 16.4. The number of halogens is 3. The first-order chi connectivity index (χ1) is 11.8. The summed E-state index contributed by atoms with van der Waals surface area (Å²) < 4.78 is 41.5. The fourth-order valence-corrected chi connectivity index (χ4v) is 2.03. The maximum absolute atomic E-state index is 12.5. The zero-order chi connectivity index (χ0) is 18.4. The second-order valence-electron chi connectivity index (χ2n) is 4.99. The number of rotatable bonds is 6. The SMILES string of the molecule is N#CCC(=O)N(CCO)Cc1ccc(-c2noc(C(F)(F)F)n2)cc1. The first-order valence-corrected chi connectivity index (χ1v) is 7.11. The van der Waals surface area contributed by atoms with Crippen LogP contribution in [0.3, 0.4) is 0 Å². The lowest BCUT2D eigenvalue weighted by atomic mass is 10.1. The Hall–Kier alpha value is -2.93. The van der Waals surface area contributed by atoms with Gasteiger partial charge in [-0.15, -0.1) is 0 Å². The van der Waals surface area contributed by atoms with E-state index in [4.69, 9.17) is 10.4 Å². The normalized spacial score (nSPS) is 11.2. The molecule has 25 heavy (non-hydrogen) atoms. The molecule has 1 N–H and O–H groups in total. The van der Waals surface area contributed by atoms with Gasteiger partial charge in [-0.1, -0.05) is 29.4 Å². The number of carbonyl (C=O) groups is 1. The van der Waals surface area contributed by atoms with Crippen molar-refractivity contribution < 1.29 is 27.6 Å². The minimum Gasteiger partial charge on any atom is -0.395 e. The summed E-state index contributed by atoms with van der Waals surface area (Å²) in [7, 11) is 0. The molecule has 0 spiro atoms. The first-order valence-electron chi connectivity index (χ1n) is 7.11. The Morgan fingerprint density at radius 1 is 1.32 bits per heavy atom. The van der Waals surface area contributed by atoms with Gasteiger partial charge in [0.15, 0.2) is 0 Å². The molecule has 10 heteroatoms. The molecule has 132 valence electrons. The molecule has 1 amide bonds. The van der Waals surface area contributed by atoms with Crippen molar-refractivity contribution in [1.82, 2.24) is 15.0 Å². The smallest absolute Gasteiger partial charge is 0.395 e. The predicted octanol–water partition coefficient (Wildman–Crippen LogP) is 1.99. The summed E-state index contributed by atoms with van der Waals surface area (Å²) in [5, 5.41) is 20.9. The molecule has 1 aromatic carbocycles. The molecular formula is C15H13F3N4O3. The third-order valence-electron chi connectivity index (χ3n) is 3.21. The van der Waals surface area contributed by atoms with Gasteiger partial charge in [0.1, 0.15) is 6.42 Å². The number of aliphatic hydroxyl groups excluding tert-OH is 1. The second kappa shape index (κ2) is 7.76. The summed E-state index contributed by atoms with van der Waals surface area (Å²) in [5.74, 6) is -2.05. The number of hydrogen-bond acceptors (Lipinski definition) is 6. The number of amides is 1. The molecule has 0 radical (unpaired) electrons. The van der Waals surface area contributed by atoms with Gasteiger partial charge in [-0.05, 0) is 5.56 Å². The Labute approximate surface area is 140 Å². The van der Waals surface area contributed by atoms with E-state index in [1.165, 1.54) is 17.0 Å². The van der Waals surface area contributed by atoms with Crippen LogP contribution in [-0.2, 0) is 17.5 Å². The number of benzene rings is 1. The summed E-state index contributed by atoms with van der Waals surface area (Å²) in [6, 6.07) is 7.90. The molecule has 0 bridgehead atoms. The minimum atomic E-state index is -4.71. The van der Waals surface area contributed by atoms with Crippen LogP contribution in [-0.4, -0.2) is 39.2 Å². The van der Waals surface area contributed by atoms with E-state index in [-0.39, 0.29) is 31.9 Å². The summed E-state index contributed by atoms with van der Waals surface area (Å²) in [5.41, 5.74) is 0.989. The second-order valence-corrected chi connectivity index (χ2v) is 4.99. The van der Waals surface area contributed by atoms with E-state index in [1.807, 2.05) is 0 Å². The van der Waals surface area contributed by atoms with Crippen LogP contribution in [0.15, 0.2) is 28.8 Å². The Balaban J connectivity index is 2.12. The van der Waals surface area contributed by atoms with Crippen molar-refractivity contribution >= 4 is 5.91 Å². The first kappa shape index (κ1) is 18.4. The van der Waals surface area contributed by atoms with Crippen molar-refractivity contribution in [2.45, 2.75) is 19.1 Å². The van der Waals surface area contributed by atoms with Crippen LogP contribution in [0.2, 0.25) is 0 Å². The van der Waals surface area contributed by atoms with Gasteiger partial charge in [0.05, 0.1) is 12.7 Å². The van der Waals surface area contributed by atoms with E-state index >= 15 is 0 Å². The van der Waals surface area contributed by atoms with Gasteiger partial charge in [0.2, 0.25) is 11.7 Å². The van der Waals surface area contributed by atoms with E-state index in [0.29, 0.717) is 11.1 Å². The molecule has 0 aliphatic carbocycles. The molecule has 7 nitrogen and oxygen atoms in total. The topological polar surface area (TPSA) is 103 Å². The summed E-state index contributed by atoms with van der Waals surface area (Å²) in [6.45, 7) is -0.0260. The molecule has 1 heterocycles. The number of carbonyl (C=O) groups excluding carboxylic acids is 1. The number of nitrogens with zero attached hydrogens (tertiary/aromatic N) is 4. The Morgan fingerprint density at radius 3 is 2.52 bits per heavy atom. The van der Waals surface area contributed by atoms with Crippen LogP contribution in [0.4, 0.5) is 13.2 Å². The third-order valence-corrected chi connectivity index (χ3v) is 3.21. The molecule has 0 aliphatic heterocycles. The number of aliphatic hydroxyl groups is 1. The van der Waals surface area contributed by atoms with Crippen molar-refractivity contribution in [2.75, 3.05) is 13.2 Å². The number of aromatic nitrogens is 2. The van der Waals surface area contributed by atoms with Crippen LogP contribution < -0.4 is 0 Å². The molecule has 0 fully saturated rings. The van der Waals surface area contributed by atoms with Crippen molar-refractivity contribution in [2.24, 2.45) is 0 Å². The highest BCUT2D eigenvalue weighted by Gasteiger charge is 2.38. The molecule has 2 aromatic rings. The predicted molar refractivity (Wildman–Crippen MR) is 77.5 cm³/mol. The van der Waals surface area contributed by atoms with Crippen LogP contribution in [0, 0.1) is 11.3 Å². The summed E-state index contributed by atoms with van der Waals surface area (Å²) in [6.07, 6.45) is -5.02. The van der Waals surface area contributed by atoms with E-state index < -0.39 is 18.0 Å². The maximum atomic E-state index is 12.5. The van der Waals surface area contributed by atoms with Gasteiger partial charge in [-0.2, -0.15) is 23.4 Å². The van der Waals surface area contributed by atoms with Crippen LogP contribution in [0.1, 0.15) is 17.9 Å². The molecule has 0 unspecified atom stereocenters. The van der Waals surface area contributed by atoms with Gasteiger partial charge in [0, 0.05) is 18.7 Å². The largest absolute Gasteiger partial charge is 0.471 e. The monoisotopic (exact) mass is 354 g/mol. The standard InChI is InChI=1S/C15H13F3N4O3/c16-15(17,18)14-20-13(21-25-14)11-3-1-10(2-4-11)9-22(7-8-23)12(24)5-6-19/h1-4,23H,5,7-9H2. The third kappa shape index (κ3) is 4.77. The number of hydrogen-bond donors (Lipinski definition) is 1. The average Bonchev–Trinajstić information content (AvgIpc) is 3.05. The zero-order valence-corrected chi connectivity index (χ0v) is 12.8. The van der Waals surface area contributed by atoms with Crippen molar-refractivity contribution in [3.63, 3.8) is 0 Å². The fraction of sp³-hybridized carbons (Fsp3) is 0.333. The van der Waals surface area contributed by atoms with Crippen LogP contribution >= 0.6 is 0 Å². The highest BCUT2D eigenvalue weighted by Crippen LogP contribution is 2.29. The fourth-order valence-electron chi connectivity index (χ4n) is 2.03. The summed E-state index contributed by atoms with van der Waals surface area (Å²) >= 11 is 0. The molecule has 1 aromatic heterocycles. The van der Waals surface area contributed by atoms with E-state index in [9.17, 15) is 18.0 Å². The quantitative estimate of drug-likeness (QED) is 0.851. The van der Waals surface area contributed by atoms with Gasteiger partial charge in [-0.3, -0.25) is 4.79 Å². The maximum Gasteiger partial charge on any atom is 0.471 e. The molecule has 0 saturated carbocycles. The van der Waals surface area contributed by atoms with Crippen molar-refractivity contribution in [3.05, 3.63) is 35.7 Å².